The van der Waals surface area contributed by atoms with Gasteiger partial charge in [0.25, 0.3) is 10.0 Å². The van der Waals surface area contributed by atoms with E-state index in [1.165, 1.54) is 24.3 Å². The molecule has 0 unspecified atom stereocenters. The van der Waals surface area contributed by atoms with E-state index >= 15 is 0 Å². The van der Waals surface area contributed by atoms with Crippen molar-refractivity contribution >= 4 is 43.2 Å². The molecule has 0 aliphatic heterocycles. The monoisotopic (exact) mass is 363 g/mol. The van der Waals surface area contributed by atoms with Crippen molar-refractivity contribution in [2.24, 2.45) is 0 Å². The molecule has 3 nitrogen and oxygen atoms in total. The first kappa shape index (κ1) is 14.3. The lowest BCUT2D eigenvalue weighted by molar-refractivity contribution is 0.601. The smallest absolute Gasteiger partial charge is 0.263 e. The number of benzene rings is 2. The maximum atomic E-state index is 13.1. The van der Waals surface area contributed by atoms with E-state index in [1.54, 1.807) is 12.1 Å². The largest absolute Gasteiger partial charge is 0.278 e. The van der Waals surface area contributed by atoms with E-state index in [0.717, 1.165) is 6.07 Å². The fourth-order valence-corrected chi connectivity index (χ4v) is 3.51. The Labute approximate surface area is 123 Å². The number of nitrogens with one attached hydrogen (secondary N) is 1. The topological polar surface area (TPSA) is 46.2 Å². The summed E-state index contributed by atoms with van der Waals surface area (Å²) in [5.41, 5.74) is 0.111. The van der Waals surface area contributed by atoms with Crippen LogP contribution in [0.4, 0.5) is 10.1 Å². The van der Waals surface area contributed by atoms with Crippen molar-refractivity contribution in [3.05, 3.63) is 57.8 Å². The molecule has 0 aromatic heterocycles. The van der Waals surface area contributed by atoms with Gasteiger partial charge in [0.05, 0.1) is 10.7 Å². The Morgan fingerprint density at radius 2 is 1.84 bits per heavy atom. The van der Waals surface area contributed by atoms with Crippen LogP contribution in [-0.2, 0) is 10.0 Å². The molecule has 0 spiro atoms. The number of rotatable bonds is 3. The molecule has 0 saturated heterocycles. The van der Waals surface area contributed by atoms with Crippen LogP contribution in [0.2, 0.25) is 5.02 Å². The van der Waals surface area contributed by atoms with Crippen LogP contribution in [0.15, 0.2) is 51.8 Å². The zero-order chi connectivity index (χ0) is 14.0. The molecule has 2 aromatic carbocycles. The Bertz CT molecular complexity index is 721. The van der Waals surface area contributed by atoms with Crippen LogP contribution in [0.1, 0.15) is 0 Å². The first-order chi connectivity index (χ1) is 8.90. The van der Waals surface area contributed by atoms with Gasteiger partial charge in [-0.15, -0.1) is 0 Å². The Morgan fingerprint density at radius 3 is 2.53 bits per heavy atom. The number of hydrogen-bond donors (Lipinski definition) is 1. The molecule has 2 aromatic rings. The van der Waals surface area contributed by atoms with Crippen LogP contribution in [-0.4, -0.2) is 8.42 Å². The van der Waals surface area contributed by atoms with Gasteiger partial charge in [0.2, 0.25) is 0 Å². The summed E-state index contributed by atoms with van der Waals surface area (Å²) >= 11 is 8.99. The van der Waals surface area contributed by atoms with Crippen molar-refractivity contribution in [1.29, 1.82) is 0 Å². The molecular weight excluding hydrogens is 357 g/mol. The van der Waals surface area contributed by atoms with Crippen molar-refractivity contribution in [2.45, 2.75) is 4.90 Å². The quantitative estimate of drug-likeness (QED) is 0.893. The highest BCUT2D eigenvalue weighted by molar-refractivity contribution is 9.10. The van der Waals surface area contributed by atoms with E-state index in [4.69, 9.17) is 11.6 Å². The van der Waals surface area contributed by atoms with Crippen molar-refractivity contribution in [3.8, 4) is 0 Å². The third kappa shape index (κ3) is 3.26. The molecule has 0 heterocycles. The van der Waals surface area contributed by atoms with Gasteiger partial charge in [-0.3, -0.25) is 4.72 Å². The van der Waals surface area contributed by atoms with Crippen LogP contribution in [0.3, 0.4) is 0 Å². The van der Waals surface area contributed by atoms with Crippen LogP contribution in [0.5, 0.6) is 0 Å². The third-order valence-corrected chi connectivity index (χ3v) is 4.86. The minimum Gasteiger partial charge on any atom is -0.278 e. The Kier molecular flexibility index (Phi) is 4.13. The number of hydrogen-bond acceptors (Lipinski definition) is 2. The Morgan fingerprint density at radius 1 is 1.16 bits per heavy atom. The predicted octanol–water partition coefficient (Wildman–Crippen LogP) is 4.04. The SMILES string of the molecule is O=S(=O)(Nc1cc(F)ccc1Br)c1ccccc1Cl. The lowest BCUT2D eigenvalue weighted by Crippen LogP contribution is -2.13. The number of halogens is 3. The summed E-state index contributed by atoms with van der Waals surface area (Å²) in [4.78, 5) is -0.0622. The summed E-state index contributed by atoms with van der Waals surface area (Å²) in [5.74, 6) is -0.542. The second kappa shape index (κ2) is 5.48. The van der Waals surface area contributed by atoms with Gasteiger partial charge < -0.3 is 0 Å². The van der Waals surface area contributed by atoms with E-state index < -0.39 is 15.8 Å². The zero-order valence-corrected chi connectivity index (χ0v) is 12.6. The van der Waals surface area contributed by atoms with Crippen LogP contribution < -0.4 is 4.72 Å². The van der Waals surface area contributed by atoms with Gasteiger partial charge in [-0.2, -0.15) is 0 Å². The van der Waals surface area contributed by atoms with Crippen molar-refractivity contribution in [3.63, 3.8) is 0 Å². The molecule has 0 atom stereocenters. The van der Waals surface area contributed by atoms with Gasteiger partial charge in [-0.05, 0) is 46.3 Å². The molecule has 0 saturated carbocycles. The lowest BCUT2D eigenvalue weighted by atomic mass is 10.3. The number of sulfonamides is 1. The second-order valence-corrected chi connectivity index (χ2v) is 6.57. The lowest BCUT2D eigenvalue weighted by Gasteiger charge is -2.10. The van der Waals surface area contributed by atoms with Crippen molar-refractivity contribution < 1.29 is 12.8 Å². The molecule has 2 rings (SSSR count). The van der Waals surface area contributed by atoms with E-state index in [-0.39, 0.29) is 15.6 Å². The minimum absolute atomic E-state index is 0.0622. The maximum absolute atomic E-state index is 13.1. The van der Waals surface area contributed by atoms with Crippen molar-refractivity contribution in [2.75, 3.05) is 4.72 Å². The van der Waals surface area contributed by atoms with Gasteiger partial charge in [0, 0.05) is 4.47 Å². The first-order valence-electron chi connectivity index (χ1n) is 5.12. The maximum Gasteiger partial charge on any atom is 0.263 e. The average molecular weight is 365 g/mol. The first-order valence-corrected chi connectivity index (χ1v) is 7.78. The molecular formula is C12H8BrClFNO2S. The molecule has 0 radical (unpaired) electrons. The molecule has 0 bridgehead atoms. The summed E-state index contributed by atoms with van der Waals surface area (Å²) < 4.78 is 40.1. The highest BCUT2D eigenvalue weighted by Crippen LogP contribution is 2.28. The Hall–Kier alpha value is -1.11. The standard InChI is InChI=1S/C12H8BrClFNO2S/c13-9-6-5-8(15)7-11(9)16-19(17,18)12-4-2-1-3-10(12)14/h1-7,16H. The summed E-state index contributed by atoms with van der Waals surface area (Å²) in [5, 5.41) is 0.0996. The summed E-state index contributed by atoms with van der Waals surface area (Å²) in [7, 11) is -3.86. The summed E-state index contributed by atoms with van der Waals surface area (Å²) in [6.07, 6.45) is 0. The molecule has 0 aliphatic rings. The van der Waals surface area contributed by atoms with Crippen LogP contribution in [0, 0.1) is 5.82 Å². The average Bonchev–Trinajstić information content (AvgIpc) is 2.34. The minimum atomic E-state index is -3.86. The highest BCUT2D eigenvalue weighted by atomic mass is 79.9. The highest BCUT2D eigenvalue weighted by Gasteiger charge is 2.18. The fraction of sp³-hybridized carbons (Fsp3) is 0. The molecule has 1 N–H and O–H groups in total. The molecule has 19 heavy (non-hydrogen) atoms. The number of anilines is 1. The summed E-state index contributed by atoms with van der Waals surface area (Å²) in [6.45, 7) is 0. The normalized spacial score (nSPS) is 11.3. The van der Waals surface area contributed by atoms with Gasteiger partial charge in [-0.25, -0.2) is 12.8 Å². The predicted molar refractivity (Wildman–Crippen MR) is 76.4 cm³/mol. The zero-order valence-electron chi connectivity index (χ0n) is 9.40. The molecule has 0 aliphatic carbocycles. The van der Waals surface area contributed by atoms with Crippen LogP contribution >= 0.6 is 27.5 Å². The second-order valence-electron chi connectivity index (χ2n) is 3.66. The van der Waals surface area contributed by atoms with E-state index in [9.17, 15) is 12.8 Å². The van der Waals surface area contributed by atoms with Gasteiger partial charge in [0.1, 0.15) is 10.7 Å². The third-order valence-electron chi connectivity index (χ3n) is 2.30. The molecule has 7 heteroatoms. The van der Waals surface area contributed by atoms with E-state index in [2.05, 4.69) is 20.7 Å². The van der Waals surface area contributed by atoms with Crippen LogP contribution in [0.25, 0.3) is 0 Å². The van der Waals surface area contributed by atoms with E-state index in [0.29, 0.717) is 4.47 Å². The van der Waals surface area contributed by atoms with E-state index in [1.807, 2.05) is 0 Å². The Balaban J connectivity index is 2.43. The molecule has 0 fully saturated rings. The summed E-state index contributed by atoms with van der Waals surface area (Å²) in [6, 6.07) is 9.74. The molecule has 100 valence electrons. The molecule has 0 amide bonds. The van der Waals surface area contributed by atoms with Gasteiger partial charge in [0.15, 0.2) is 0 Å². The van der Waals surface area contributed by atoms with Crippen molar-refractivity contribution in [1.82, 2.24) is 0 Å². The fourth-order valence-electron chi connectivity index (χ4n) is 1.44. The van der Waals surface area contributed by atoms with Gasteiger partial charge >= 0.3 is 0 Å². The van der Waals surface area contributed by atoms with Gasteiger partial charge in [-0.1, -0.05) is 23.7 Å².